The van der Waals surface area contributed by atoms with Crippen LogP contribution in [-0.2, 0) is 0 Å². The number of hydrogen-bond donors (Lipinski definition) is 0. The molecular formula is C22H29ClN4. The van der Waals surface area contributed by atoms with E-state index in [4.69, 9.17) is 11.6 Å². The van der Waals surface area contributed by atoms with Crippen molar-refractivity contribution in [1.29, 1.82) is 0 Å². The first kappa shape index (κ1) is 18.6. The van der Waals surface area contributed by atoms with E-state index in [1.807, 2.05) is 12.1 Å². The van der Waals surface area contributed by atoms with E-state index in [9.17, 15) is 0 Å². The van der Waals surface area contributed by atoms with E-state index < -0.39 is 0 Å². The summed E-state index contributed by atoms with van der Waals surface area (Å²) in [6, 6.07) is 17.5. The van der Waals surface area contributed by atoms with E-state index in [-0.39, 0.29) is 0 Å². The maximum Gasteiger partial charge on any atom is 0.0649 e. The monoisotopic (exact) mass is 384 g/mol. The molecule has 0 radical (unpaired) electrons. The van der Waals surface area contributed by atoms with E-state index in [0.717, 1.165) is 24.7 Å². The van der Waals surface area contributed by atoms with Crippen molar-refractivity contribution >= 4 is 28.7 Å². The summed E-state index contributed by atoms with van der Waals surface area (Å²) in [5, 5.41) is 0.788. The predicted octanol–water partition coefficient (Wildman–Crippen LogP) is 3.93. The number of benzene rings is 2. The van der Waals surface area contributed by atoms with Crippen LogP contribution in [0.4, 0.5) is 17.1 Å². The van der Waals surface area contributed by atoms with Gasteiger partial charge in [0.15, 0.2) is 0 Å². The van der Waals surface area contributed by atoms with Crippen molar-refractivity contribution in [3.05, 3.63) is 53.6 Å². The number of rotatable bonds is 4. The zero-order valence-electron chi connectivity index (χ0n) is 16.3. The molecular weight excluding hydrogens is 356 g/mol. The number of para-hydroxylation sites is 2. The van der Waals surface area contributed by atoms with Gasteiger partial charge in [-0.05, 0) is 44.3 Å². The molecule has 27 heavy (non-hydrogen) atoms. The second-order valence-electron chi connectivity index (χ2n) is 7.75. The summed E-state index contributed by atoms with van der Waals surface area (Å²) < 4.78 is 0. The van der Waals surface area contributed by atoms with E-state index >= 15 is 0 Å². The largest absolute Gasteiger partial charge is 0.367 e. The first-order valence-electron chi connectivity index (χ1n) is 9.91. The highest BCUT2D eigenvalue weighted by Crippen LogP contribution is 2.38. The number of piperazine rings is 1. The molecule has 0 N–H and O–H groups in total. The van der Waals surface area contributed by atoms with Crippen molar-refractivity contribution in [3.63, 3.8) is 0 Å². The summed E-state index contributed by atoms with van der Waals surface area (Å²) in [7, 11) is 2.22. The Morgan fingerprint density at radius 1 is 0.889 bits per heavy atom. The molecule has 2 aliphatic heterocycles. The Labute approximate surface area is 167 Å². The Balaban J connectivity index is 1.52. The summed E-state index contributed by atoms with van der Waals surface area (Å²) in [4.78, 5) is 9.99. The molecule has 5 heteroatoms. The minimum Gasteiger partial charge on any atom is -0.367 e. The van der Waals surface area contributed by atoms with Crippen LogP contribution in [0.25, 0.3) is 0 Å². The number of nitrogens with zero attached hydrogens (tertiary/aromatic N) is 4. The lowest BCUT2D eigenvalue weighted by molar-refractivity contribution is 0.121. The van der Waals surface area contributed by atoms with Crippen LogP contribution in [0.2, 0.25) is 5.02 Å². The average molecular weight is 385 g/mol. The minimum atomic E-state index is 0.560. The number of fused-ring (bicyclic) bond motifs is 1. The Kier molecular flexibility index (Phi) is 5.58. The second kappa shape index (κ2) is 8.09. The second-order valence-corrected chi connectivity index (χ2v) is 8.19. The van der Waals surface area contributed by atoms with Gasteiger partial charge in [0.25, 0.3) is 0 Å². The van der Waals surface area contributed by atoms with Crippen molar-refractivity contribution in [2.45, 2.75) is 13.0 Å². The summed E-state index contributed by atoms with van der Waals surface area (Å²) in [6.45, 7) is 10.1. The third kappa shape index (κ3) is 4.08. The van der Waals surface area contributed by atoms with Crippen LogP contribution >= 0.6 is 11.6 Å². The summed E-state index contributed by atoms with van der Waals surface area (Å²) in [5.41, 5.74) is 3.77. The van der Waals surface area contributed by atoms with Crippen molar-refractivity contribution in [1.82, 2.24) is 9.80 Å². The SMILES string of the molecule is CC(CN1CCN(c2cccc(Cl)c2)c2ccccc21)N1CCN(C)CC1. The van der Waals surface area contributed by atoms with Gasteiger partial charge in [-0.15, -0.1) is 0 Å². The van der Waals surface area contributed by atoms with E-state index in [1.54, 1.807) is 0 Å². The molecule has 2 aliphatic rings. The van der Waals surface area contributed by atoms with E-state index in [1.165, 1.54) is 43.2 Å². The highest BCUT2D eigenvalue weighted by Gasteiger charge is 2.27. The van der Waals surface area contributed by atoms with E-state index in [0.29, 0.717) is 6.04 Å². The standard InChI is InChI=1S/C22H29ClN4/c1-18(25-12-10-24(2)11-13-25)17-26-14-15-27(20-7-5-6-19(23)16-20)22-9-4-3-8-21(22)26/h3-9,16,18H,10-15,17H2,1-2H3. The van der Waals surface area contributed by atoms with Gasteiger partial charge in [0.2, 0.25) is 0 Å². The fourth-order valence-corrected chi connectivity index (χ4v) is 4.40. The quantitative estimate of drug-likeness (QED) is 0.791. The molecule has 0 spiro atoms. The van der Waals surface area contributed by atoms with Gasteiger partial charge in [-0.25, -0.2) is 0 Å². The first-order chi connectivity index (χ1) is 13.1. The molecule has 0 amide bonds. The molecule has 144 valence electrons. The smallest absolute Gasteiger partial charge is 0.0649 e. The van der Waals surface area contributed by atoms with Crippen LogP contribution < -0.4 is 9.80 Å². The van der Waals surface area contributed by atoms with Crippen LogP contribution in [0.5, 0.6) is 0 Å². The van der Waals surface area contributed by atoms with Gasteiger partial charge in [0.1, 0.15) is 0 Å². The molecule has 2 heterocycles. The molecule has 1 saturated heterocycles. The highest BCUT2D eigenvalue weighted by atomic mass is 35.5. The first-order valence-corrected chi connectivity index (χ1v) is 10.3. The topological polar surface area (TPSA) is 13.0 Å². The molecule has 1 atom stereocenters. The maximum absolute atomic E-state index is 6.24. The molecule has 1 fully saturated rings. The predicted molar refractivity (Wildman–Crippen MR) is 116 cm³/mol. The van der Waals surface area contributed by atoms with Gasteiger partial charge < -0.3 is 14.7 Å². The van der Waals surface area contributed by atoms with Crippen molar-refractivity contribution in [2.24, 2.45) is 0 Å². The van der Waals surface area contributed by atoms with E-state index in [2.05, 4.69) is 70.0 Å². The third-order valence-corrected chi connectivity index (χ3v) is 6.11. The fraction of sp³-hybridized carbons (Fsp3) is 0.455. The number of anilines is 3. The van der Waals surface area contributed by atoms with Crippen LogP contribution in [-0.4, -0.2) is 68.7 Å². The molecule has 0 aromatic heterocycles. The van der Waals surface area contributed by atoms with Gasteiger partial charge >= 0.3 is 0 Å². The number of halogens is 1. The third-order valence-electron chi connectivity index (χ3n) is 5.87. The lowest BCUT2D eigenvalue weighted by Crippen LogP contribution is -2.52. The summed E-state index contributed by atoms with van der Waals surface area (Å²) in [6.07, 6.45) is 0. The molecule has 0 aliphatic carbocycles. The molecule has 1 unspecified atom stereocenters. The lowest BCUT2D eigenvalue weighted by Gasteiger charge is -2.43. The molecule has 0 bridgehead atoms. The molecule has 4 rings (SSSR count). The summed E-state index contributed by atoms with van der Waals surface area (Å²) in [5.74, 6) is 0. The molecule has 2 aromatic carbocycles. The molecule has 4 nitrogen and oxygen atoms in total. The number of hydrogen-bond acceptors (Lipinski definition) is 4. The zero-order chi connectivity index (χ0) is 18.8. The van der Waals surface area contributed by atoms with Crippen molar-refractivity contribution in [2.75, 3.05) is 62.7 Å². The fourth-order valence-electron chi connectivity index (χ4n) is 4.22. The minimum absolute atomic E-state index is 0.560. The lowest BCUT2D eigenvalue weighted by atomic mass is 10.1. The molecule has 0 saturated carbocycles. The Bertz CT molecular complexity index is 772. The average Bonchev–Trinajstić information content (AvgIpc) is 2.68. The zero-order valence-corrected chi connectivity index (χ0v) is 17.1. The Hall–Kier alpha value is -1.75. The number of likely N-dealkylation sites (N-methyl/N-ethyl adjacent to an activating group) is 1. The van der Waals surface area contributed by atoms with Gasteiger partial charge in [0, 0.05) is 62.6 Å². The normalized spacial score (nSPS) is 19.8. The van der Waals surface area contributed by atoms with Gasteiger partial charge in [-0.2, -0.15) is 0 Å². The Morgan fingerprint density at radius 2 is 1.63 bits per heavy atom. The van der Waals surface area contributed by atoms with Gasteiger partial charge in [0.05, 0.1) is 11.4 Å². The van der Waals surface area contributed by atoms with Crippen molar-refractivity contribution in [3.8, 4) is 0 Å². The van der Waals surface area contributed by atoms with Crippen molar-refractivity contribution < 1.29 is 0 Å². The summed E-state index contributed by atoms with van der Waals surface area (Å²) >= 11 is 6.24. The van der Waals surface area contributed by atoms with Gasteiger partial charge in [-0.3, -0.25) is 4.90 Å². The molecule has 2 aromatic rings. The van der Waals surface area contributed by atoms with Crippen LogP contribution in [0.1, 0.15) is 6.92 Å². The van der Waals surface area contributed by atoms with Crippen LogP contribution in [0.3, 0.4) is 0 Å². The van der Waals surface area contributed by atoms with Gasteiger partial charge in [-0.1, -0.05) is 29.8 Å². The maximum atomic E-state index is 6.24. The van der Waals surface area contributed by atoms with Crippen LogP contribution in [0, 0.1) is 0 Å². The highest BCUT2D eigenvalue weighted by molar-refractivity contribution is 6.30. The Morgan fingerprint density at radius 3 is 2.37 bits per heavy atom. The van der Waals surface area contributed by atoms with Crippen LogP contribution in [0.15, 0.2) is 48.5 Å².